The Morgan fingerprint density at radius 1 is 1.53 bits per heavy atom. The second-order valence-corrected chi connectivity index (χ2v) is 3.76. The second kappa shape index (κ2) is 5.24. The number of hydrogen-bond acceptors (Lipinski definition) is 2. The van der Waals surface area contributed by atoms with E-state index >= 15 is 0 Å². The highest BCUT2D eigenvalue weighted by Gasteiger charge is 2.17. The Balaban J connectivity index is 3.01. The molecule has 82 valence electrons. The summed E-state index contributed by atoms with van der Waals surface area (Å²) >= 11 is 11.8. The van der Waals surface area contributed by atoms with Crippen LogP contribution in [0.4, 0.5) is 4.79 Å². The first-order valence-corrected chi connectivity index (χ1v) is 5.21. The molecule has 1 amide bonds. The topological polar surface area (TPSA) is 52.3 Å². The zero-order valence-electron chi connectivity index (χ0n) is 8.17. The molecule has 0 spiro atoms. The van der Waals surface area contributed by atoms with E-state index in [-0.39, 0.29) is 0 Å². The summed E-state index contributed by atoms with van der Waals surface area (Å²) in [7, 11) is 0. The zero-order chi connectivity index (χ0) is 11.4. The molecule has 0 radical (unpaired) electrons. The molecule has 0 saturated carbocycles. The molecule has 0 bridgehead atoms. The van der Waals surface area contributed by atoms with Crippen LogP contribution in [0.5, 0.6) is 0 Å². The van der Waals surface area contributed by atoms with Gasteiger partial charge < -0.3 is 10.5 Å². The maximum absolute atomic E-state index is 10.7. The van der Waals surface area contributed by atoms with Crippen molar-refractivity contribution >= 4 is 29.3 Å². The van der Waals surface area contributed by atoms with Gasteiger partial charge in [0.25, 0.3) is 0 Å². The van der Waals surface area contributed by atoms with Crippen LogP contribution in [0.25, 0.3) is 0 Å². The average molecular weight is 248 g/mol. The number of rotatable bonds is 3. The second-order valence-electron chi connectivity index (χ2n) is 2.98. The van der Waals surface area contributed by atoms with Gasteiger partial charge in [-0.1, -0.05) is 42.3 Å². The van der Waals surface area contributed by atoms with Crippen LogP contribution in [0.2, 0.25) is 10.0 Å². The lowest BCUT2D eigenvalue weighted by Crippen LogP contribution is -2.17. The Hall–Kier alpha value is -0.930. The smallest absolute Gasteiger partial charge is 0.405 e. The van der Waals surface area contributed by atoms with Gasteiger partial charge in [0, 0.05) is 5.56 Å². The summed E-state index contributed by atoms with van der Waals surface area (Å²) in [5, 5.41) is 0.827. The van der Waals surface area contributed by atoms with Crippen LogP contribution in [-0.4, -0.2) is 6.09 Å². The summed E-state index contributed by atoms with van der Waals surface area (Å²) in [5.41, 5.74) is 5.63. The maximum atomic E-state index is 10.7. The van der Waals surface area contributed by atoms with Gasteiger partial charge in [-0.3, -0.25) is 0 Å². The fourth-order valence-corrected chi connectivity index (χ4v) is 1.71. The van der Waals surface area contributed by atoms with Gasteiger partial charge in [0.2, 0.25) is 0 Å². The van der Waals surface area contributed by atoms with Gasteiger partial charge in [-0.15, -0.1) is 0 Å². The van der Waals surface area contributed by atoms with E-state index in [9.17, 15) is 4.79 Å². The van der Waals surface area contributed by atoms with Crippen molar-refractivity contribution in [3.05, 3.63) is 33.8 Å². The minimum absolute atomic E-state index is 0.396. The van der Waals surface area contributed by atoms with Gasteiger partial charge in [-0.25, -0.2) is 4.79 Å². The molecular weight excluding hydrogens is 237 g/mol. The van der Waals surface area contributed by atoms with Crippen LogP contribution >= 0.6 is 23.2 Å². The largest absolute Gasteiger partial charge is 0.441 e. The molecule has 1 aromatic rings. The number of benzene rings is 1. The van der Waals surface area contributed by atoms with Crippen molar-refractivity contribution in [3.63, 3.8) is 0 Å². The summed E-state index contributed by atoms with van der Waals surface area (Å²) in [4.78, 5) is 10.7. The molecule has 1 unspecified atom stereocenters. The van der Waals surface area contributed by atoms with Crippen molar-refractivity contribution in [1.29, 1.82) is 0 Å². The fraction of sp³-hybridized carbons (Fsp3) is 0.300. The Morgan fingerprint density at radius 2 is 2.20 bits per heavy atom. The Kier molecular flexibility index (Phi) is 4.24. The third kappa shape index (κ3) is 3.01. The molecule has 0 saturated heterocycles. The van der Waals surface area contributed by atoms with Gasteiger partial charge in [0.1, 0.15) is 6.10 Å². The molecule has 0 fully saturated rings. The lowest BCUT2D eigenvalue weighted by molar-refractivity contribution is 0.104. The van der Waals surface area contributed by atoms with Crippen molar-refractivity contribution in [2.45, 2.75) is 19.4 Å². The molecule has 1 aromatic carbocycles. The van der Waals surface area contributed by atoms with Crippen LogP contribution in [0, 0.1) is 0 Å². The van der Waals surface area contributed by atoms with Crippen LogP contribution in [0.3, 0.4) is 0 Å². The molecule has 0 aliphatic heterocycles. The Morgan fingerprint density at radius 3 is 2.73 bits per heavy atom. The van der Waals surface area contributed by atoms with E-state index in [1.807, 2.05) is 6.92 Å². The number of carbonyl (C=O) groups excluding carboxylic acids is 1. The van der Waals surface area contributed by atoms with Gasteiger partial charge in [0.05, 0.1) is 10.0 Å². The highest BCUT2D eigenvalue weighted by Crippen LogP contribution is 2.32. The van der Waals surface area contributed by atoms with E-state index in [0.717, 1.165) is 0 Å². The minimum Gasteiger partial charge on any atom is -0.441 e. The number of halogens is 2. The lowest BCUT2D eigenvalue weighted by Gasteiger charge is -2.16. The molecule has 3 nitrogen and oxygen atoms in total. The van der Waals surface area contributed by atoms with E-state index in [2.05, 4.69) is 0 Å². The molecule has 1 atom stereocenters. The van der Waals surface area contributed by atoms with Crippen molar-refractivity contribution in [2.75, 3.05) is 0 Å². The van der Waals surface area contributed by atoms with Crippen molar-refractivity contribution < 1.29 is 9.53 Å². The normalized spacial score (nSPS) is 12.2. The number of ether oxygens (including phenoxy) is 1. The van der Waals surface area contributed by atoms with E-state index < -0.39 is 12.2 Å². The van der Waals surface area contributed by atoms with E-state index in [4.69, 9.17) is 33.7 Å². The Labute approximate surface area is 98.1 Å². The molecule has 2 N–H and O–H groups in total. The van der Waals surface area contributed by atoms with E-state index in [1.165, 1.54) is 0 Å². The molecular formula is C10H11Cl2NO2. The standard InChI is InChI=1S/C10H11Cl2NO2/c1-2-8(15-10(13)14)6-4-3-5-7(11)9(6)12/h3-5,8H,2H2,1H3,(H2,13,14). The van der Waals surface area contributed by atoms with Crippen molar-refractivity contribution in [1.82, 2.24) is 0 Å². The molecule has 0 aliphatic carbocycles. The molecule has 15 heavy (non-hydrogen) atoms. The summed E-state index contributed by atoms with van der Waals surface area (Å²) in [6, 6.07) is 5.17. The monoisotopic (exact) mass is 247 g/mol. The number of hydrogen-bond donors (Lipinski definition) is 1. The quantitative estimate of drug-likeness (QED) is 0.889. The molecule has 1 rings (SSSR count). The summed E-state index contributed by atoms with van der Waals surface area (Å²) in [5.74, 6) is 0. The summed E-state index contributed by atoms with van der Waals surface area (Å²) < 4.78 is 4.92. The third-order valence-electron chi connectivity index (χ3n) is 1.96. The van der Waals surface area contributed by atoms with Crippen LogP contribution in [0.15, 0.2) is 18.2 Å². The number of amides is 1. The van der Waals surface area contributed by atoms with E-state index in [1.54, 1.807) is 18.2 Å². The minimum atomic E-state index is -0.821. The van der Waals surface area contributed by atoms with Crippen molar-refractivity contribution in [3.8, 4) is 0 Å². The van der Waals surface area contributed by atoms with Crippen LogP contribution in [0.1, 0.15) is 25.0 Å². The maximum Gasteiger partial charge on any atom is 0.405 e. The number of primary amides is 1. The van der Waals surface area contributed by atoms with Crippen LogP contribution < -0.4 is 5.73 Å². The molecule has 0 aliphatic rings. The first-order chi connectivity index (χ1) is 7.06. The molecule has 5 heteroatoms. The average Bonchev–Trinajstić information content (AvgIpc) is 2.19. The molecule has 0 aromatic heterocycles. The predicted molar refractivity (Wildman–Crippen MR) is 60.2 cm³/mol. The zero-order valence-corrected chi connectivity index (χ0v) is 9.68. The summed E-state index contributed by atoms with van der Waals surface area (Å²) in [6.07, 6.45) is -0.685. The first kappa shape index (κ1) is 12.1. The molecule has 0 heterocycles. The van der Waals surface area contributed by atoms with Crippen LogP contribution in [-0.2, 0) is 4.74 Å². The lowest BCUT2D eigenvalue weighted by atomic mass is 10.1. The van der Waals surface area contributed by atoms with E-state index in [0.29, 0.717) is 22.0 Å². The third-order valence-corrected chi connectivity index (χ3v) is 2.79. The highest BCUT2D eigenvalue weighted by molar-refractivity contribution is 6.42. The van der Waals surface area contributed by atoms with Gasteiger partial charge in [-0.05, 0) is 12.5 Å². The fourth-order valence-electron chi connectivity index (χ4n) is 1.28. The first-order valence-electron chi connectivity index (χ1n) is 4.46. The van der Waals surface area contributed by atoms with Gasteiger partial charge in [-0.2, -0.15) is 0 Å². The highest BCUT2D eigenvalue weighted by atomic mass is 35.5. The summed E-state index contributed by atoms with van der Waals surface area (Å²) in [6.45, 7) is 1.87. The van der Waals surface area contributed by atoms with Crippen molar-refractivity contribution in [2.24, 2.45) is 5.73 Å². The Bertz CT molecular complexity index is 368. The SMILES string of the molecule is CCC(OC(N)=O)c1cccc(Cl)c1Cl. The van der Waals surface area contributed by atoms with Gasteiger partial charge in [0.15, 0.2) is 0 Å². The van der Waals surface area contributed by atoms with Gasteiger partial charge >= 0.3 is 6.09 Å². The number of carbonyl (C=O) groups is 1. The predicted octanol–water partition coefficient (Wildman–Crippen LogP) is 3.54. The number of nitrogens with two attached hydrogens (primary N) is 1.